The molecule has 21 heavy (non-hydrogen) atoms. The fourth-order valence-corrected chi connectivity index (χ4v) is 2.77. The van der Waals surface area contributed by atoms with E-state index in [1.807, 2.05) is 42.6 Å². The molecule has 0 atom stereocenters. The summed E-state index contributed by atoms with van der Waals surface area (Å²) in [7, 11) is 0. The molecule has 0 radical (unpaired) electrons. The highest BCUT2D eigenvalue weighted by Crippen LogP contribution is 2.20. The van der Waals surface area contributed by atoms with Gasteiger partial charge in [-0.05, 0) is 71.8 Å². The Morgan fingerprint density at radius 2 is 1.81 bits per heavy atom. The summed E-state index contributed by atoms with van der Waals surface area (Å²) in [6.45, 7) is 2.19. The van der Waals surface area contributed by atoms with E-state index in [2.05, 4.69) is 37.8 Å². The number of halogens is 1. The van der Waals surface area contributed by atoms with Gasteiger partial charge in [0, 0.05) is 22.2 Å². The summed E-state index contributed by atoms with van der Waals surface area (Å²) in [4.78, 5) is 18.8. The maximum Gasteiger partial charge on any atom is 0.256 e. The van der Waals surface area contributed by atoms with E-state index in [0.29, 0.717) is 11.4 Å². The van der Waals surface area contributed by atoms with Crippen molar-refractivity contribution in [3.8, 4) is 0 Å². The number of carbonyl (C=O) groups excluding carboxylic acids is 1. The Balaban J connectivity index is 1.67. The molecule has 1 amide bonds. The fourth-order valence-electron chi connectivity index (χ4n) is 2.41. The van der Waals surface area contributed by atoms with E-state index >= 15 is 0 Å². The molecule has 1 aliphatic heterocycles. The number of aromatic nitrogens is 1. The first-order chi connectivity index (χ1) is 10.2. The monoisotopic (exact) mass is 393 g/mol. The number of hydrogen-bond acceptors (Lipinski definition) is 3. The van der Waals surface area contributed by atoms with Gasteiger partial charge in [-0.1, -0.05) is 0 Å². The standard InChI is InChI=1S/C16H16IN3O/c17-13-5-3-12(4-6-13)16(21)19-15-8-7-14(11-18-15)20-9-1-2-10-20/h3-8,11H,1-2,9-10H2,(H,18,19,21). The van der Waals surface area contributed by atoms with Crippen LogP contribution < -0.4 is 10.2 Å². The van der Waals surface area contributed by atoms with Crippen LogP contribution in [0.3, 0.4) is 0 Å². The lowest BCUT2D eigenvalue weighted by Gasteiger charge is -2.17. The molecule has 1 aliphatic rings. The zero-order chi connectivity index (χ0) is 14.7. The summed E-state index contributed by atoms with van der Waals surface area (Å²) in [6, 6.07) is 11.3. The van der Waals surface area contributed by atoms with Crippen LogP contribution in [0, 0.1) is 3.57 Å². The zero-order valence-electron chi connectivity index (χ0n) is 11.6. The van der Waals surface area contributed by atoms with Gasteiger partial charge in [0.2, 0.25) is 0 Å². The minimum absolute atomic E-state index is 0.132. The predicted octanol–water partition coefficient (Wildman–Crippen LogP) is 3.54. The van der Waals surface area contributed by atoms with Crippen LogP contribution in [0.15, 0.2) is 42.6 Å². The average molecular weight is 393 g/mol. The van der Waals surface area contributed by atoms with Gasteiger partial charge in [0.1, 0.15) is 5.82 Å². The topological polar surface area (TPSA) is 45.2 Å². The Labute approximate surface area is 137 Å². The third kappa shape index (κ3) is 3.53. The van der Waals surface area contributed by atoms with Gasteiger partial charge in [0.05, 0.1) is 11.9 Å². The van der Waals surface area contributed by atoms with Crippen molar-refractivity contribution < 1.29 is 4.79 Å². The summed E-state index contributed by atoms with van der Waals surface area (Å²) in [5, 5.41) is 2.82. The number of carbonyl (C=O) groups is 1. The fraction of sp³-hybridized carbons (Fsp3) is 0.250. The molecule has 0 bridgehead atoms. The molecule has 1 fully saturated rings. The van der Waals surface area contributed by atoms with Crippen LogP contribution in [-0.4, -0.2) is 24.0 Å². The molecule has 1 saturated heterocycles. The lowest BCUT2D eigenvalue weighted by Crippen LogP contribution is -2.18. The van der Waals surface area contributed by atoms with Crippen molar-refractivity contribution in [1.29, 1.82) is 0 Å². The van der Waals surface area contributed by atoms with Gasteiger partial charge in [0.15, 0.2) is 0 Å². The van der Waals surface area contributed by atoms with Crippen molar-refractivity contribution in [2.45, 2.75) is 12.8 Å². The third-order valence-electron chi connectivity index (χ3n) is 3.57. The number of rotatable bonds is 3. The molecule has 0 aliphatic carbocycles. The highest BCUT2D eigenvalue weighted by atomic mass is 127. The smallest absolute Gasteiger partial charge is 0.256 e. The Morgan fingerprint density at radius 3 is 2.43 bits per heavy atom. The predicted molar refractivity (Wildman–Crippen MR) is 92.8 cm³/mol. The van der Waals surface area contributed by atoms with E-state index < -0.39 is 0 Å². The average Bonchev–Trinajstić information content (AvgIpc) is 3.03. The summed E-state index contributed by atoms with van der Waals surface area (Å²) >= 11 is 2.22. The maximum absolute atomic E-state index is 12.1. The van der Waals surface area contributed by atoms with Gasteiger partial charge in [-0.3, -0.25) is 4.79 Å². The molecule has 0 spiro atoms. The normalized spacial score (nSPS) is 14.2. The molecule has 2 aromatic rings. The van der Waals surface area contributed by atoms with Gasteiger partial charge in [-0.2, -0.15) is 0 Å². The van der Waals surface area contributed by atoms with Gasteiger partial charge >= 0.3 is 0 Å². The van der Waals surface area contributed by atoms with Crippen molar-refractivity contribution >= 4 is 40.0 Å². The molecule has 2 heterocycles. The minimum atomic E-state index is -0.132. The number of benzene rings is 1. The van der Waals surface area contributed by atoms with E-state index in [-0.39, 0.29) is 5.91 Å². The summed E-state index contributed by atoms with van der Waals surface area (Å²) in [5.74, 6) is 0.453. The summed E-state index contributed by atoms with van der Waals surface area (Å²) < 4.78 is 1.11. The van der Waals surface area contributed by atoms with Gasteiger partial charge in [0.25, 0.3) is 5.91 Å². The summed E-state index contributed by atoms with van der Waals surface area (Å²) in [6.07, 6.45) is 4.31. The second-order valence-electron chi connectivity index (χ2n) is 5.06. The second kappa shape index (κ2) is 6.43. The molecule has 1 N–H and O–H groups in total. The lowest BCUT2D eigenvalue weighted by atomic mass is 10.2. The van der Waals surface area contributed by atoms with E-state index in [1.54, 1.807) is 0 Å². The Hall–Kier alpha value is -1.63. The first-order valence-corrected chi connectivity index (χ1v) is 8.08. The molecular weight excluding hydrogens is 377 g/mol. The number of hydrogen-bond donors (Lipinski definition) is 1. The molecule has 0 unspecified atom stereocenters. The number of amides is 1. The number of pyridine rings is 1. The second-order valence-corrected chi connectivity index (χ2v) is 6.30. The molecular formula is C16H16IN3O. The maximum atomic E-state index is 12.1. The zero-order valence-corrected chi connectivity index (χ0v) is 13.7. The Kier molecular flexibility index (Phi) is 4.38. The third-order valence-corrected chi connectivity index (χ3v) is 4.29. The van der Waals surface area contributed by atoms with Crippen LogP contribution in [0.4, 0.5) is 11.5 Å². The lowest BCUT2D eigenvalue weighted by molar-refractivity contribution is 0.102. The Morgan fingerprint density at radius 1 is 1.10 bits per heavy atom. The first-order valence-electron chi connectivity index (χ1n) is 7.00. The molecule has 5 heteroatoms. The van der Waals surface area contributed by atoms with Crippen molar-refractivity contribution in [3.63, 3.8) is 0 Å². The van der Waals surface area contributed by atoms with Crippen LogP contribution in [0.2, 0.25) is 0 Å². The van der Waals surface area contributed by atoms with Crippen LogP contribution in [-0.2, 0) is 0 Å². The van der Waals surface area contributed by atoms with Crippen LogP contribution in [0.25, 0.3) is 0 Å². The largest absolute Gasteiger partial charge is 0.370 e. The number of nitrogens with one attached hydrogen (secondary N) is 1. The summed E-state index contributed by atoms with van der Waals surface area (Å²) in [5.41, 5.74) is 1.76. The number of anilines is 2. The van der Waals surface area contributed by atoms with Gasteiger partial charge in [-0.25, -0.2) is 4.98 Å². The highest BCUT2D eigenvalue weighted by Gasteiger charge is 2.13. The highest BCUT2D eigenvalue weighted by molar-refractivity contribution is 14.1. The van der Waals surface area contributed by atoms with Crippen LogP contribution in [0.5, 0.6) is 0 Å². The van der Waals surface area contributed by atoms with Crippen molar-refractivity contribution in [2.75, 3.05) is 23.3 Å². The van der Waals surface area contributed by atoms with Crippen molar-refractivity contribution in [3.05, 3.63) is 51.7 Å². The van der Waals surface area contributed by atoms with Crippen molar-refractivity contribution in [2.24, 2.45) is 0 Å². The first kappa shape index (κ1) is 14.3. The van der Waals surface area contributed by atoms with Crippen molar-refractivity contribution in [1.82, 2.24) is 4.98 Å². The van der Waals surface area contributed by atoms with Gasteiger partial charge in [-0.15, -0.1) is 0 Å². The van der Waals surface area contributed by atoms with E-state index in [0.717, 1.165) is 22.3 Å². The number of nitrogens with zero attached hydrogens (tertiary/aromatic N) is 2. The van der Waals surface area contributed by atoms with E-state index in [4.69, 9.17) is 0 Å². The molecule has 3 rings (SSSR count). The quantitative estimate of drug-likeness (QED) is 0.812. The molecule has 108 valence electrons. The molecule has 1 aromatic heterocycles. The van der Waals surface area contributed by atoms with E-state index in [1.165, 1.54) is 12.8 Å². The molecule has 1 aromatic carbocycles. The van der Waals surface area contributed by atoms with Gasteiger partial charge < -0.3 is 10.2 Å². The molecule has 4 nitrogen and oxygen atoms in total. The van der Waals surface area contributed by atoms with Crippen LogP contribution >= 0.6 is 22.6 Å². The minimum Gasteiger partial charge on any atom is -0.370 e. The van der Waals surface area contributed by atoms with Crippen LogP contribution in [0.1, 0.15) is 23.2 Å². The van der Waals surface area contributed by atoms with E-state index in [9.17, 15) is 4.79 Å². The molecule has 0 saturated carbocycles. The SMILES string of the molecule is O=C(Nc1ccc(N2CCCC2)cn1)c1ccc(I)cc1. The Bertz CT molecular complexity index is 619.